The molecule has 28 heavy (non-hydrogen) atoms. The molecular weight excluding hydrogens is 351 g/mol. The predicted octanol–water partition coefficient (Wildman–Crippen LogP) is 4.86. The van der Waals surface area contributed by atoms with Crippen molar-refractivity contribution in [2.45, 2.75) is 19.3 Å². The fraction of sp³-hybridized carbons (Fsp3) is 0.174. The van der Waals surface area contributed by atoms with Crippen molar-refractivity contribution < 1.29 is 4.39 Å². The second-order valence-electron chi connectivity index (χ2n) is 6.75. The van der Waals surface area contributed by atoms with Crippen molar-refractivity contribution >= 4 is 0 Å². The maximum atomic E-state index is 13.4. The van der Waals surface area contributed by atoms with Gasteiger partial charge in [0, 0.05) is 48.7 Å². The first-order valence-electron chi connectivity index (χ1n) is 9.33. The summed E-state index contributed by atoms with van der Waals surface area (Å²) in [5.74, 6) is -0.248. The van der Waals surface area contributed by atoms with Gasteiger partial charge in [-0.1, -0.05) is 6.07 Å². The third kappa shape index (κ3) is 3.83. The molecule has 0 unspecified atom stereocenters. The highest BCUT2D eigenvalue weighted by Gasteiger charge is 2.19. The summed E-state index contributed by atoms with van der Waals surface area (Å²) in [5.41, 5.74) is 6.32. The summed E-state index contributed by atoms with van der Waals surface area (Å²) < 4.78 is 15.3. The van der Waals surface area contributed by atoms with E-state index in [1.54, 1.807) is 30.7 Å². The highest BCUT2D eigenvalue weighted by atomic mass is 19.1. The van der Waals surface area contributed by atoms with Gasteiger partial charge in [0.1, 0.15) is 11.5 Å². The average Bonchev–Trinajstić information content (AvgIpc) is 3.06. The van der Waals surface area contributed by atoms with E-state index in [2.05, 4.69) is 16.0 Å². The van der Waals surface area contributed by atoms with E-state index in [4.69, 9.17) is 5.10 Å². The lowest BCUT2D eigenvalue weighted by Crippen LogP contribution is -2.01. The Balaban J connectivity index is 1.70. The summed E-state index contributed by atoms with van der Waals surface area (Å²) in [6.07, 6.45) is 10.1. The lowest BCUT2D eigenvalue weighted by Gasteiger charge is -2.08. The Kier molecular flexibility index (Phi) is 5.24. The van der Waals surface area contributed by atoms with Crippen molar-refractivity contribution in [3.63, 3.8) is 0 Å². The number of nitrogens with zero attached hydrogens (tertiary/aromatic N) is 4. The zero-order valence-electron chi connectivity index (χ0n) is 15.7. The molecule has 0 atom stereocenters. The standard InChI is InChI=1S/C23H21FN4/c1-28-21(6-2-4-17-5-3-13-26-16-17)22(18-11-14-25-15-12-18)23(27-28)19-7-9-20(24)10-8-19/h3,5,7-16H,2,4,6H2,1H3. The van der Waals surface area contributed by atoms with Crippen molar-refractivity contribution in [2.75, 3.05) is 0 Å². The molecule has 0 bridgehead atoms. The van der Waals surface area contributed by atoms with Gasteiger partial charge >= 0.3 is 0 Å². The van der Waals surface area contributed by atoms with Crippen LogP contribution in [0.4, 0.5) is 4.39 Å². The van der Waals surface area contributed by atoms with Crippen LogP contribution >= 0.6 is 0 Å². The van der Waals surface area contributed by atoms with Crippen LogP contribution in [0.1, 0.15) is 17.7 Å². The largest absolute Gasteiger partial charge is 0.271 e. The molecule has 0 aliphatic heterocycles. The van der Waals surface area contributed by atoms with Gasteiger partial charge in [0.05, 0.1) is 0 Å². The minimum absolute atomic E-state index is 0.248. The molecule has 5 heteroatoms. The minimum atomic E-state index is -0.248. The van der Waals surface area contributed by atoms with Gasteiger partial charge in [-0.3, -0.25) is 14.6 Å². The van der Waals surface area contributed by atoms with Crippen LogP contribution in [0.3, 0.4) is 0 Å². The van der Waals surface area contributed by atoms with Crippen LogP contribution in [0, 0.1) is 5.82 Å². The Morgan fingerprint density at radius 3 is 2.36 bits per heavy atom. The van der Waals surface area contributed by atoms with Crippen molar-refractivity contribution in [1.82, 2.24) is 19.7 Å². The zero-order chi connectivity index (χ0) is 19.3. The molecule has 0 aliphatic carbocycles. The molecule has 1 aromatic carbocycles. The number of aryl methyl sites for hydroxylation is 2. The molecular formula is C23H21FN4. The zero-order valence-corrected chi connectivity index (χ0v) is 15.7. The van der Waals surface area contributed by atoms with E-state index < -0.39 is 0 Å². The molecule has 4 nitrogen and oxygen atoms in total. The lowest BCUT2D eigenvalue weighted by molar-refractivity contribution is 0.628. The highest BCUT2D eigenvalue weighted by molar-refractivity contribution is 5.82. The summed E-state index contributed by atoms with van der Waals surface area (Å²) >= 11 is 0. The second-order valence-corrected chi connectivity index (χ2v) is 6.75. The van der Waals surface area contributed by atoms with Crippen LogP contribution < -0.4 is 0 Å². The lowest BCUT2D eigenvalue weighted by atomic mass is 9.97. The minimum Gasteiger partial charge on any atom is -0.271 e. The quantitative estimate of drug-likeness (QED) is 0.485. The predicted molar refractivity (Wildman–Crippen MR) is 108 cm³/mol. The van der Waals surface area contributed by atoms with E-state index in [-0.39, 0.29) is 5.82 Å². The second kappa shape index (κ2) is 8.13. The molecule has 140 valence electrons. The molecule has 0 radical (unpaired) electrons. The van der Waals surface area contributed by atoms with Crippen LogP contribution in [0.5, 0.6) is 0 Å². The van der Waals surface area contributed by atoms with Crippen LogP contribution in [0.15, 0.2) is 73.3 Å². The summed E-state index contributed by atoms with van der Waals surface area (Å²) in [6.45, 7) is 0. The normalized spacial score (nSPS) is 10.9. The number of hydrogen-bond acceptors (Lipinski definition) is 3. The van der Waals surface area contributed by atoms with Gasteiger partial charge in [-0.05, 0) is 72.9 Å². The third-order valence-electron chi connectivity index (χ3n) is 4.85. The van der Waals surface area contributed by atoms with Gasteiger partial charge in [0.2, 0.25) is 0 Å². The first kappa shape index (κ1) is 18.0. The Labute approximate surface area is 163 Å². The van der Waals surface area contributed by atoms with E-state index in [9.17, 15) is 4.39 Å². The average molecular weight is 372 g/mol. The maximum Gasteiger partial charge on any atom is 0.123 e. The first-order valence-corrected chi connectivity index (χ1v) is 9.33. The molecule has 0 spiro atoms. The number of aromatic nitrogens is 4. The van der Waals surface area contributed by atoms with Crippen molar-refractivity contribution in [1.29, 1.82) is 0 Å². The summed E-state index contributed by atoms with van der Waals surface area (Å²) in [4.78, 5) is 8.33. The van der Waals surface area contributed by atoms with Crippen LogP contribution in [-0.2, 0) is 19.9 Å². The van der Waals surface area contributed by atoms with Crippen molar-refractivity contribution in [2.24, 2.45) is 7.05 Å². The van der Waals surface area contributed by atoms with Crippen molar-refractivity contribution in [3.05, 3.63) is 90.4 Å². The van der Waals surface area contributed by atoms with E-state index in [0.29, 0.717) is 0 Å². The number of benzene rings is 1. The number of pyridine rings is 2. The number of rotatable bonds is 6. The van der Waals surface area contributed by atoms with E-state index in [0.717, 1.165) is 47.3 Å². The summed E-state index contributed by atoms with van der Waals surface area (Å²) in [5, 5.41) is 4.77. The van der Waals surface area contributed by atoms with E-state index in [1.807, 2.05) is 36.1 Å². The van der Waals surface area contributed by atoms with Gasteiger partial charge in [-0.25, -0.2) is 4.39 Å². The highest BCUT2D eigenvalue weighted by Crippen LogP contribution is 2.35. The Bertz CT molecular complexity index is 1040. The fourth-order valence-corrected chi connectivity index (χ4v) is 3.48. The molecule has 0 aliphatic rings. The molecule has 0 N–H and O–H groups in total. The smallest absolute Gasteiger partial charge is 0.123 e. The third-order valence-corrected chi connectivity index (χ3v) is 4.85. The molecule has 3 aromatic heterocycles. The van der Waals surface area contributed by atoms with Crippen LogP contribution in [0.25, 0.3) is 22.4 Å². The SMILES string of the molecule is Cn1nc(-c2ccc(F)cc2)c(-c2ccncc2)c1CCCc1cccnc1. The van der Waals surface area contributed by atoms with Gasteiger partial charge in [-0.15, -0.1) is 0 Å². The molecule has 0 saturated heterocycles. The molecule has 0 amide bonds. The topological polar surface area (TPSA) is 43.6 Å². The summed E-state index contributed by atoms with van der Waals surface area (Å²) in [6, 6.07) is 14.6. The van der Waals surface area contributed by atoms with E-state index >= 15 is 0 Å². The van der Waals surface area contributed by atoms with E-state index in [1.165, 1.54) is 17.7 Å². The van der Waals surface area contributed by atoms with Gasteiger partial charge in [-0.2, -0.15) is 5.10 Å². The monoisotopic (exact) mass is 372 g/mol. The first-order chi connectivity index (χ1) is 13.7. The van der Waals surface area contributed by atoms with Gasteiger partial charge in [0.15, 0.2) is 0 Å². The molecule has 4 aromatic rings. The summed E-state index contributed by atoms with van der Waals surface area (Å²) in [7, 11) is 1.97. The molecule has 0 fully saturated rings. The number of hydrogen-bond donors (Lipinski definition) is 0. The maximum absolute atomic E-state index is 13.4. The Hall–Kier alpha value is -3.34. The fourth-order valence-electron chi connectivity index (χ4n) is 3.48. The van der Waals surface area contributed by atoms with Crippen LogP contribution in [0.2, 0.25) is 0 Å². The Morgan fingerprint density at radius 1 is 0.857 bits per heavy atom. The molecule has 0 saturated carbocycles. The van der Waals surface area contributed by atoms with Gasteiger partial charge < -0.3 is 0 Å². The van der Waals surface area contributed by atoms with Crippen molar-refractivity contribution in [3.8, 4) is 22.4 Å². The molecule has 4 rings (SSSR count). The molecule has 3 heterocycles. The Morgan fingerprint density at radius 2 is 1.64 bits per heavy atom. The van der Waals surface area contributed by atoms with Crippen LogP contribution in [-0.4, -0.2) is 19.7 Å². The van der Waals surface area contributed by atoms with Gasteiger partial charge in [0.25, 0.3) is 0 Å². The number of halogens is 1.